The molecule has 3 atom stereocenters. The summed E-state index contributed by atoms with van der Waals surface area (Å²) in [7, 11) is -5.05. The topological polar surface area (TPSA) is 122 Å². The van der Waals surface area contributed by atoms with Crippen molar-refractivity contribution in [2.75, 3.05) is 0 Å². The Morgan fingerprint density at radius 1 is 1.15 bits per heavy atom. The van der Waals surface area contributed by atoms with Crippen LogP contribution in [-0.2, 0) is 10.1 Å². The highest BCUT2D eigenvalue weighted by molar-refractivity contribution is 7.86. The van der Waals surface area contributed by atoms with Crippen molar-refractivity contribution in [2.24, 2.45) is 0 Å². The highest BCUT2D eigenvalue weighted by atomic mass is 35.5. The summed E-state index contributed by atoms with van der Waals surface area (Å²) in [5.74, 6) is -0.483. The quantitative estimate of drug-likeness (QED) is 0.299. The molecule has 13 heteroatoms. The van der Waals surface area contributed by atoms with E-state index in [2.05, 4.69) is 10.4 Å². The molecule has 1 aromatic heterocycles. The van der Waals surface area contributed by atoms with Gasteiger partial charge in [-0.25, -0.2) is 4.68 Å². The van der Waals surface area contributed by atoms with Gasteiger partial charge in [0.15, 0.2) is 5.69 Å². The Kier molecular flexibility index (Phi) is 8.65. The summed E-state index contributed by atoms with van der Waals surface area (Å²) in [6, 6.07) is 9.90. The maximum atomic E-state index is 13.3. The standard InChI is InChI=1S/C27H29ClF3N3O5S/c1-15-13-19(28)11-12-21(15)34-25(16(2)24(33-34)26(36)32-20-5-3-4-6-22(20)35)18-9-7-17(8-10-18)23(40(37,38)39)14-27(29,30)31/h7-13,20,22-23,35H,3-6,14H2,1-2H3,(H,32,36)(H,37,38,39)/t20-,22+,23?/m0/s1. The summed E-state index contributed by atoms with van der Waals surface area (Å²) in [4.78, 5) is 13.3. The Balaban J connectivity index is 1.79. The Morgan fingerprint density at radius 3 is 2.38 bits per heavy atom. The zero-order valence-corrected chi connectivity index (χ0v) is 23.3. The number of aliphatic hydroxyl groups is 1. The molecule has 0 radical (unpaired) electrons. The largest absolute Gasteiger partial charge is 0.391 e. The lowest BCUT2D eigenvalue weighted by atomic mass is 9.92. The molecule has 1 amide bonds. The van der Waals surface area contributed by atoms with Crippen molar-refractivity contribution in [1.29, 1.82) is 0 Å². The second kappa shape index (κ2) is 11.5. The molecule has 3 N–H and O–H groups in total. The van der Waals surface area contributed by atoms with Crippen LogP contribution >= 0.6 is 11.6 Å². The van der Waals surface area contributed by atoms with Gasteiger partial charge >= 0.3 is 6.18 Å². The van der Waals surface area contributed by atoms with E-state index in [4.69, 9.17) is 11.6 Å². The molecule has 0 spiro atoms. The number of alkyl halides is 3. The monoisotopic (exact) mass is 599 g/mol. The number of nitrogens with zero attached hydrogens (tertiary/aromatic N) is 2. The smallest absolute Gasteiger partial charge is 0.390 e. The number of amides is 1. The Bertz CT molecular complexity index is 1510. The molecule has 40 heavy (non-hydrogen) atoms. The van der Waals surface area contributed by atoms with Crippen molar-refractivity contribution in [1.82, 2.24) is 15.1 Å². The number of carbonyl (C=O) groups is 1. The molecule has 1 fully saturated rings. The van der Waals surface area contributed by atoms with Crippen molar-refractivity contribution in [3.05, 3.63) is 69.9 Å². The van der Waals surface area contributed by atoms with Gasteiger partial charge in [0.05, 0.1) is 29.9 Å². The third kappa shape index (κ3) is 6.68. The van der Waals surface area contributed by atoms with Crippen LogP contribution in [0.2, 0.25) is 5.02 Å². The normalized spacial score (nSPS) is 18.9. The number of hydrogen-bond donors (Lipinski definition) is 3. The van der Waals surface area contributed by atoms with Gasteiger partial charge in [0.2, 0.25) is 0 Å². The van der Waals surface area contributed by atoms with E-state index in [9.17, 15) is 36.0 Å². The van der Waals surface area contributed by atoms with Gasteiger partial charge in [0.25, 0.3) is 16.0 Å². The molecule has 0 aliphatic heterocycles. The minimum absolute atomic E-state index is 0.0964. The van der Waals surface area contributed by atoms with Crippen molar-refractivity contribution in [3.63, 3.8) is 0 Å². The first kappa shape index (κ1) is 30.0. The average Bonchev–Trinajstić information content (AvgIpc) is 3.19. The minimum atomic E-state index is -5.05. The molecule has 4 rings (SSSR count). The van der Waals surface area contributed by atoms with Gasteiger partial charge in [0, 0.05) is 16.1 Å². The summed E-state index contributed by atoms with van der Waals surface area (Å²) in [5, 5.41) is 16.1. The van der Waals surface area contributed by atoms with Crippen LogP contribution in [0.4, 0.5) is 13.2 Å². The number of halogens is 4. The van der Waals surface area contributed by atoms with E-state index in [0.717, 1.165) is 18.4 Å². The molecule has 3 aromatic rings. The van der Waals surface area contributed by atoms with Crippen molar-refractivity contribution in [2.45, 2.75) is 69.5 Å². The zero-order valence-electron chi connectivity index (χ0n) is 21.7. The Labute approximate surface area is 234 Å². The van der Waals surface area contributed by atoms with E-state index >= 15 is 0 Å². The SMILES string of the molecule is Cc1cc(Cl)ccc1-n1nc(C(=O)N[C@H]2CCCC[C@H]2O)c(C)c1-c1ccc(C(CC(F)(F)F)S(=O)(=O)O)cc1. The number of benzene rings is 2. The van der Waals surface area contributed by atoms with Crippen LogP contribution in [0, 0.1) is 13.8 Å². The van der Waals surface area contributed by atoms with Crippen LogP contribution in [-0.4, -0.2) is 52.1 Å². The molecule has 0 bridgehead atoms. The van der Waals surface area contributed by atoms with Gasteiger partial charge in [-0.3, -0.25) is 9.35 Å². The first-order chi connectivity index (χ1) is 18.7. The first-order valence-electron chi connectivity index (χ1n) is 12.6. The van der Waals surface area contributed by atoms with Crippen LogP contribution in [0.1, 0.15) is 64.5 Å². The first-order valence-corrected chi connectivity index (χ1v) is 14.5. The molecule has 0 saturated heterocycles. The number of aliphatic hydroxyl groups excluding tert-OH is 1. The second-order valence-electron chi connectivity index (χ2n) is 10.0. The Morgan fingerprint density at radius 2 is 1.80 bits per heavy atom. The van der Waals surface area contributed by atoms with Gasteiger partial charge in [-0.05, 0) is 56.0 Å². The fourth-order valence-electron chi connectivity index (χ4n) is 5.06. The number of rotatable bonds is 7. The maximum absolute atomic E-state index is 13.3. The average molecular weight is 600 g/mol. The highest BCUT2D eigenvalue weighted by Crippen LogP contribution is 2.37. The molecule has 1 heterocycles. The molecule has 1 saturated carbocycles. The van der Waals surface area contributed by atoms with Gasteiger partial charge < -0.3 is 10.4 Å². The number of aryl methyl sites for hydroxylation is 1. The van der Waals surface area contributed by atoms with Crippen molar-refractivity contribution < 1.29 is 36.0 Å². The summed E-state index contributed by atoms with van der Waals surface area (Å²) >= 11 is 6.13. The van der Waals surface area contributed by atoms with Crippen molar-refractivity contribution in [3.8, 4) is 16.9 Å². The molecular weight excluding hydrogens is 571 g/mol. The van der Waals surface area contributed by atoms with Crippen LogP contribution in [0.25, 0.3) is 16.9 Å². The third-order valence-corrected chi connectivity index (χ3v) is 8.50. The van der Waals surface area contributed by atoms with E-state index in [0.29, 0.717) is 40.4 Å². The van der Waals surface area contributed by atoms with Crippen LogP contribution in [0.5, 0.6) is 0 Å². The molecule has 1 aliphatic rings. The highest BCUT2D eigenvalue weighted by Gasteiger charge is 2.39. The second-order valence-corrected chi connectivity index (χ2v) is 12.1. The lowest BCUT2D eigenvalue weighted by molar-refractivity contribution is -0.135. The summed E-state index contributed by atoms with van der Waals surface area (Å²) < 4.78 is 73.6. The van der Waals surface area contributed by atoms with Gasteiger partial charge in [-0.2, -0.15) is 26.7 Å². The predicted molar refractivity (Wildman–Crippen MR) is 144 cm³/mol. The summed E-state index contributed by atoms with van der Waals surface area (Å²) in [5.41, 5.74) is 2.55. The van der Waals surface area contributed by atoms with E-state index in [1.807, 2.05) is 0 Å². The molecule has 1 unspecified atom stereocenters. The van der Waals surface area contributed by atoms with Crippen LogP contribution in [0.15, 0.2) is 42.5 Å². The minimum Gasteiger partial charge on any atom is -0.391 e. The number of carbonyl (C=O) groups excluding carboxylic acids is 1. The fourth-order valence-corrected chi connectivity index (χ4v) is 6.19. The number of aromatic nitrogens is 2. The molecule has 216 valence electrons. The number of nitrogens with one attached hydrogen (secondary N) is 1. The third-order valence-electron chi connectivity index (χ3n) is 7.10. The lowest BCUT2D eigenvalue weighted by Crippen LogP contribution is -2.45. The van der Waals surface area contributed by atoms with Crippen LogP contribution < -0.4 is 5.32 Å². The van der Waals surface area contributed by atoms with E-state index in [1.165, 1.54) is 28.9 Å². The van der Waals surface area contributed by atoms with Crippen LogP contribution in [0.3, 0.4) is 0 Å². The molecule has 1 aliphatic carbocycles. The van der Waals surface area contributed by atoms with E-state index in [-0.39, 0.29) is 11.3 Å². The molecule has 8 nitrogen and oxygen atoms in total. The molecular formula is C27H29ClF3N3O5S. The predicted octanol–water partition coefficient (Wildman–Crippen LogP) is 5.72. The maximum Gasteiger partial charge on any atom is 0.390 e. The lowest BCUT2D eigenvalue weighted by Gasteiger charge is -2.28. The van der Waals surface area contributed by atoms with E-state index in [1.54, 1.807) is 32.0 Å². The van der Waals surface area contributed by atoms with Gasteiger partial charge in [-0.15, -0.1) is 0 Å². The van der Waals surface area contributed by atoms with Crippen molar-refractivity contribution >= 4 is 27.6 Å². The zero-order chi connectivity index (χ0) is 29.4. The molecule has 2 aromatic carbocycles. The fraction of sp³-hybridized carbons (Fsp3) is 0.407. The van der Waals surface area contributed by atoms with Gasteiger partial charge in [0.1, 0.15) is 5.25 Å². The summed E-state index contributed by atoms with van der Waals surface area (Å²) in [6.45, 7) is 3.48. The number of hydrogen-bond acceptors (Lipinski definition) is 5. The van der Waals surface area contributed by atoms with E-state index < -0.39 is 46.0 Å². The Hall–Kier alpha value is -2.93. The van der Waals surface area contributed by atoms with Gasteiger partial charge in [-0.1, -0.05) is 48.7 Å². The summed E-state index contributed by atoms with van der Waals surface area (Å²) in [6.07, 6.45) is -4.28.